The van der Waals surface area contributed by atoms with E-state index in [0.29, 0.717) is 41.5 Å². The van der Waals surface area contributed by atoms with Gasteiger partial charge in [0.05, 0.1) is 17.4 Å². The molecule has 4 aliphatic rings. The maximum absolute atomic E-state index is 13.1. The summed E-state index contributed by atoms with van der Waals surface area (Å²) in [5.41, 5.74) is 2.54. The largest absolute Gasteiger partial charge is 0.478 e. The Hall–Kier alpha value is -2.57. The molecule has 6 nitrogen and oxygen atoms in total. The summed E-state index contributed by atoms with van der Waals surface area (Å²) in [5, 5.41) is 0. The summed E-state index contributed by atoms with van der Waals surface area (Å²) in [6.45, 7) is 6.85. The molecule has 1 aromatic heterocycles. The second kappa shape index (κ2) is 8.09. The predicted molar refractivity (Wildman–Crippen MR) is 121 cm³/mol. The van der Waals surface area contributed by atoms with Crippen molar-refractivity contribution in [3.8, 4) is 11.5 Å². The Kier molecular flexibility index (Phi) is 5.07. The number of carbonyl (C=O) groups is 1. The Balaban J connectivity index is 1.25. The standard InChI is InChI=1S/C26H30N2O4/c1-17-12-22-20(26-24(17)25(29)23(32-26)13-19-7-5-11-30-19)15-27(16-31-22)14-18-6-4-10-28-9-3-2-8-21(18)28/h5,7,11-13,18,21H,2-4,6,8-10,14-16H2,1H3/b23-13-/t18-,21+/m0/s1. The molecule has 168 valence electrons. The van der Waals surface area contributed by atoms with Crippen LogP contribution in [0.3, 0.4) is 0 Å². The number of ether oxygens (including phenoxy) is 2. The summed E-state index contributed by atoms with van der Waals surface area (Å²) >= 11 is 0. The molecule has 1 aromatic carbocycles. The van der Waals surface area contributed by atoms with Crippen LogP contribution in [0.15, 0.2) is 34.6 Å². The van der Waals surface area contributed by atoms with Crippen molar-refractivity contribution in [3.63, 3.8) is 0 Å². The minimum atomic E-state index is -0.0843. The minimum absolute atomic E-state index is 0.0843. The highest BCUT2D eigenvalue weighted by atomic mass is 16.5. The van der Waals surface area contributed by atoms with Crippen molar-refractivity contribution in [2.45, 2.75) is 51.6 Å². The van der Waals surface area contributed by atoms with Gasteiger partial charge in [0, 0.05) is 25.2 Å². The molecule has 2 fully saturated rings. The van der Waals surface area contributed by atoms with Crippen LogP contribution in [0.25, 0.3) is 6.08 Å². The van der Waals surface area contributed by atoms with Crippen LogP contribution < -0.4 is 9.47 Å². The van der Waals surface area contributed by atoms with Crippen LogP contribution in [0.1, 0.15) is 59.3 Å². The van der Waals surface area contributed by atoms with Gasteiger partial charge in [0.1, 0.15) is 24.0 Å². The molecule has 32 heavy (non-hydrogen) atoms. The summed E-state index contributed by atoms with van der Waals surface area (Å²) < 4.78 is 17.7. The van der Waals surface area contributed by atoms with Crippen molar-refractivity contribution >= 4 is 11.9 Å². The van der Waals surface area contributed by atoms with Gasteiger partial charge in [-0.1, -0.05) is 6.42 Å². The fraction of sp³-hybridized carbons (Fsp3) is 0.500. The number of rotatable bonds is 3. The van der Waals surface area contributed by atoms with Gasteiger partial charge in [-0.05, 0) is 75.4 Å². The highest BCUT2D eigenvalue weighted by Crippen LogP contribution is 2.44. The SMILES string of the molecule is Cc1cc2c(c3c1C(=O)/C(=C/c1ccco1)O3)CN(C[C@@H]1CCCN3CCCC[C@H]13)CO2. The van der Waals surface area contributed by atoms with Crippen molar-refractivity contribution < 1.29 is 18.7 Å². The lowest BCUT2D eigenvalue weighted by atomic mass is 9.83. The maximum atomic E-state index is 13.1. The summed E-state index contributed by atoms with van der Waals surface area (Å²) in [5.74, 6) is 3.03. The van der Waals surface area contributed by atoms with Crippen molar-refractivity contribution in [2.24, 2.45) is 5.92 Å². The molecule has 0 aliphatic carbocycles. The zero-order valence-electron chi connectivity index (χ0n) is 18.6. The molecule has 0 N–H and O–H groups in total. The lowest BCUT2D eigenvalue weighted by molar-refractivity contribution is 0.0141. The molecule has 0 spiro atoms. The zero-order valence-corrected chi connectivity index (χ0v) is 18.6. The first-order valence-electron chi connectivity index (χ1n) is 11.9. The molecule has 0 bridgehead atoms. The number of aryl methyl sites for hydroxylation is 1. The molecule has 0 saturated carbocycles. The first-order valence-corrected chi connectivity index (χ1v) is 11.9. The summed E-state index contributed by atoms with van der Waals surface area (Å²) in [7, 11) is 0. The Morgan fingerprint density at radius 1 is 1.19 bits per heavy atom. The van der Waals surface area contributed by atoms with Gasteiger partial charge in [0.2, 0.25) is 5.78 Å². The third kappa shape index (κ3) is 3.46. The van der Waals surface area contributed by atoms with Crippen molar-refractivity contribution in [3.05, 3.63) is 52.7 Å². The van der Waals surface area contributed by atoms with Crippen LogP contribution in [0.4, 0.5) is 0 Å². The van der Waals surface area contributed by atoms with Crippen LogP contribution in [-0.2, 0) is 6.54 Å². The fourth-order valence-electron chi connectivity index (χ4n) is 6.02. The number of hydrogen-bond donors (Lipinski definition) is 0. The van der Waals surface area contributed by atoms with Gasteiger partial charge in [0.15, 0.2) is 5.76 Å². The number of Topliss-reactive ketones (excluding diaryl/α,β-unsaturated/α-hetero) is 1. The number of furan rings is 1. The Labute approximate surface area is 188 Å². The van der Waals surface area contributed by atoms with Gasteiger partial charge >= 0.3 is 0 Å². The summed E-state index contributed by atoms with van der Waals surface area (Å²) in [4.78, 5) is 18.2. The van der Waals surface area contributed by atoms with Crippen LogP contribution in [0.5, 0.6) is 11.5 Å². The summed E-state index contributed by atoms with van der Waals surface area (Å²) in [6.07, 6.45) is 9.87. The van der Waals surface area contributed by atoms with Gasteiger partial charge in [0.25, 0.3) is 0 Å². The Morgan fingerprint density at radius 2 is 2.09 bits per heavy atom. The van der Waals surface area contributed by atoms with Crippen molar-refractivity contribution in [1.29, 1.82) is 0 Å². The number of carbonyl (C=O) groups excluding carboxylic acids is 1. The molecular weight excluding hydrogens is 404 g/mol. The van der Waals surface area contributed by atoms with Crippen molar-refractivity contribution in [1.82, 2.24) is 9.80 Å². The first kappa shape index (κ1) is 20.1. The molecule has 2 aromatic rings. The lowest BCUT2D eigenvalue weighted by Crippen LogP contribution is -2.51. The minimum Gasteiger partial charge on any atom is -0.478 e. The van der Waals surface area contributed by atoms with E-state index in [-0.39, 0.29) is 5.78 Å². The molecular formula is C26H30N2O4. The number of allylic oxidation sites excluding steroid dienone is 1. The molecule has 0 unspecified atom stereocenters. The van der Waals surface area contributed by atoms with Gasteiger partial charge in [-0.3, -0.25) is 9.69 Å². The average Bonchev–Trinajstić information content (AvgIpc) is 3.43. The van der Waals surface area contributed by atoms with Gasteiger partial charge in [-0.2, -0.15) is 0 Å². The van der Waals surface area contributed by atoms with E-state index < -0.39 is 0 Å². The van der Waals surface area contributed by atoms with E-state index in [1.54, 1.807) is 18.4 Å². The molecule has 0 amide bonds. The van der Waals surface area contributed by atoms with Crippen LogP contribution in [-0.4, -0.2) is 48.0 Å². The molecule has 6 rings (SSSR count). The Morgan fingerprint density at radius 3 is 2.97 bits per heavy atom. The van der Waals surface area contributed by atoms with E-state index in [9.17, 15) is 4.79 Å². The topological polar surface area (TPSA) is 55.2 Å². The average molecular weight is 435 g/mol. The molecule has 4 aliphatic heterocycles. The third-order valence-electron chi connectivity index (χ3n) is 7.53. The Bertz CT molecular complexity index is 1060. The maximum Gasteiger partial charge on any atom is 0.232 e. The van der Waals surface area contributed by atoms with Gasteiger partial charge in [-0.25, -0.2) is 0 Å². The number of nitrogens with zero attached hydrogens (tertiary/aromatic N) is 2. The van der Waals surface area contributed by atoms with Crippen molar-refractivity contribution in [2.75, 3.05) is 26.4 Å². The molecule has 5 heterocycles. The second-order valence-electron chi connectivity index (χ2n) is 9.62. The van der Waals surface area contributed by atoms with Crippen LogP contribution in [0, 0.1) is 12.8 Å². The van der Waals surface area contributed by atoms with Gasteiger partial charge < -0.3 is 18.8 Å². The summed E-state index contributed by atoms with van der Waals surface area (Å²) in [6, 6.07) is 6.32. The normalized spacial score (nSPS) is 26.9. The lowest BCUT2D eigenvalue weighted by Gasteiger charge is -2.46. The number of piperidine rings is 2. The number of benzene rings is 1. The van der Waals surface area contributed by atoms with Crippen LogP contribution >= 0.6 is 0 Å². The third-order valence-corrected chi connectivity index (χ3v) is 7.53. The molecule has 2 saturated heterocycles. The first-order chi connectivity index (χ1) is 15.7. The second-order valence-corrected chi connectivity index (χ2v) is 9.62. The smallest absolute Gasteiger partial charge is 0.232 e. The van der Waals surface area contributed by atoms with Crippen LogP contribution in [0.2, 0.25) is 0 Å². The molecule has 2 atom stereocenters. The van der Waals surface area contributed by atoms with E-state index in [1.807, 2.05) is 19.1 Å². The van der Waals surface area contributed by atoms with E-state index in [2.05, 4.69) is 9.80 Å². The zero-order chi connectivity index (χ0) is 21.7. The highest BCUT2D eigenvalue weighted by Gasteiger charge is 2.38. The highest BCUT2D eigenvalue weighted by molar-refractivity contribution is 6.15. The monoisotopic (exact) mass is 434 g/mol. The predicted octanol–water partition coefficient (Wildman–Crippen LogP) is 4.62. The molecule has 0 radical (unpaired) electrons. The van der Waals surface area contributed by atoms with E-state index in [1.165, 1.54) is 45.2 Å². The number of ketones is 1. The fourth-order valence-corrected chi connectivity index (χ4v) is 6.02. The van der Waals surface area contributed by atoms with E-state index in [4.69, 9.17) is 13.9 Å². The number of hydrogen-bond acceptors (Lipinski definition) is 6. The van der Waals surface area contributed by atoms with E-state index in [0.717, 1.165) is 30.0 Å². The van der Waals surface area contributed by atoms with Gasteiger partial charge in [-0.15, -0.1) is 0 Å². The van der Waals surface area contributed by atoms with E-state index >= 15 is 0 Å². The quantitative estimate of drug-likeness (QED) is 0.657. The molecule has 6 heteroatoms. The number of fused-ring (bicyclic) bond motifs is 4.